The smallest absolute Gasteiger partial charge is 0.253 e. The van der Waals surface area contributed by atoms with E-state index in [4.69, 9.17) is 0 Å². The molecular formula is C17H19BrN2O. The molecule has 1 aromatic carbocycles. The fourth-order valence-corrected chi connectivity index (χ4v) is 3.88. The van der Waals surface area contributed by atoms with E-state index in [9.17, 15) is 4.79 Å². The number of halogens is 1. The van der Waals surface area contributed by atoms with Gasteiger partial charge in [0.25, 0.3) is 5.91 Å². The van der Waals surface area contributed by atoms with E-state index < -0.39 is 0 Å². The van der Waals surface area contributed by atoms with E-state index in [1.54, 1.807) is 6.20 Å². The highest BCUT2D eigenvalue weighted by atomic mass is 79.9. The number of pyridine rings is 1. The zero-order valence-electron chi connectivity index (χ0n) is 11.9. The first-order chi connectivity index (χ1) is 10.2. The second kappa shape index (κ2) is 6.56. The summed E-state index contributed by atoms with van der Waals surface area (Å²) in [5.74, 6) is 0.561. The lowest BCUT2D eigenvalue weighted by Gasteiger charge is -2.25. The van der Waals surface area contributed by atoms with Crippen molar-refractivity contribution in [1.29, 1.82) is 0 Å². The molecule has 1 aliphatic carbocycles. The van der Waals surface area contributed by atoms with Crippen LogP contribution in [0.15, 0.2) is 36.5 Å². The van der Waals surface area contributed by atoms with Crippen molar-refractivity contribution in [2.45, 2.75) is 30.5 Å². The Morgan fingerprint density at radius 3 is 3.00 bits per heavy atom. The van der Waals surface area contributed by atoms with Gasteiger partial charge in [-0.05, 0) is 37.3 Å². The van der Waals surface area contributed by atoms with Crippen molar-refractivity contribution in [2.24, 2.45) is 5.92 Å². The Bertz CT molecular complexity index is 638. The van der Waals surface area contributed by atoms with Crippen LogP contribution in [0.5, 0.6) is 0 Å². The van der Waals surface area contributed by atoms with Crippen LogP contribution in [0.2, 0.25) is 0 Å². The van der Waals surface area contributed by atoms with Crippen LogP contribution in [0, 0.1) is 5.92 Å². The molecule has 1 aromatic heterocycles. The summed E-state index contributed by atoms with van der Waals surface area (Å²) in [4.78, 5) is 17.4. The summed E-state index contributed by atoms with van der Waals surface area (Å²) >= 11 is 3.69. The summed E-state index contributed by atoms with van der Waals surface area (Å²) in [7, 11) is 0. The van der Waals surface area contributed by atoms with Crippen molar-refractivity contribution in [3.8, 4) is 0 Å². The highest BCUT2D eigenvalue weighted by Crippen LogP contribution is 2.28. The topological polar surface area (TPSA) is 42.0 Å². The Balaban J connectivity index is 1.69. The second-order valence-electron chi connectivity index (χ2n) is 5.72. The lowest BCUT2D eigenvalue weighted by molar-refractivity contribution is 0.0945. The van der Waals surface area contributed by atoms with Crippen LogP contribution in [-0.2, 0) is 0 Å². The van der Waals surface area contributed by atoms with Gasteiger partial charge in [0.1, 0.15) is 0 Å². The fraction of sp³-hybridized carbons (Fsp3) is 0.412. The van der Waals surface area contributed by atoms with Crippen LogP contribution in [0.1, 0.15) is 36.0 Å². The van der Waals surface area contributed by atoms with Gasteiger partial charge in [-0.3, -0.25) is 9.78 Å². The summed E-state index contributed by atoms with van der Waals surface area (Å²) in [5.41, 5.74) is 1.44. The number of benzene rings is 1. The van der Waals surface area contributed by atoms with Gasteiger partial charge >= 0.3 is 0 Å². The van der Waals surface area contributed by atoms with Crippen molar-refractivity contribution >= 4 is 32.7 Å². The largest absolute Gasteiger partial charge is 0.352 e. The zero-order valence-corrected chi connectivity index (χ0v) is 13.5. The molecule has 21 heavy (non-hydrogen) atoms. The molecule has 1 N–H and O–H groups in total. The van der Waals surface area contributed by atoms with Gasteiger partial charge in [0.2, 0.25) is 0 Å². The Hall–Kier alpha value is -1.42. The summed E-state index contributed by atoms with van der Waals surface area (Å²) < 4.78 is 0. The van der Waals surface area contributed by atoms with E-state index >= 15 is 0 Å². The molecule has 110 valence electrons. The van der Waals surface area contributed by atoms with Gasteiger partial charge in [0.05, 0.1) is 11.1 Å². The Labute approximate surface area is 133 Å². The average Bonchev–Trinajstić information content (AvgIpc) is 2.52. The maximum atomic E-state index is 12.4. The third-order valence-corrected chi connectivity index (χ3v) is 4.98. The quantitative estimate of drug-likeness (QED) is 0.855. The first kappa shape index (κ1) is 14.5. The highest BCUT2D eigenvalue weighted by Gasteiger charge is 2.21. The number of fused-ring (bicyclic) bond motifs is 1. The molecule has 2 atom stereocenters. The number of amides is 1. The number of alkyl halides is 1. The summed E-state index contributed by atoms with van der Waals surface area (Å²) in [6.07, 6.45) is 6.57. The van der Waals surface area contributed by atoms with E-state index in [1.165, 1.54) is 19.3 Å². The number of carbonyl (C=O) groups excluding carboxylic acids is 1. The number of aromatic nitrogens is 1. The van der Waals surface area contributed by atoms with Gasteiger partial charge in [0.15, 0.2) is 0 Å². The van der Waals surface area contributed by atoms with Crippen molar-refractivity contribution < 1.29 is 4.79 Å². The van der Waals surface area contributed by atoms with Crippen molar-refractivity contribution in [1.82, 2.24) is 10.3 Å². The van der Waals surface area contributed by atoms with Crippen molar-refractivity contribution in [2.75, 3.05) is 6.54 Å². The second-order valence-corrected chi connectivity index (χ2v) is 7.02. The van der Waals surface area contributed by atoms with Gasteiger partial charge < -0.3 is 5.32 Å². The fourth-order valence-electron chi connectivity index (χ4n) is 3.03. The van der Waals surface area contributed by atoms with E-state index in [-0.39, 0.29) is 5.91 Å². The molecule has 3 nitrogen and oxygen atoms in total. The lowest BCUT2D eigenvalue weighted by atomic mass is 9.89. The molecule has 0 saturated heterocycles. The minimum Gasteiger partial charge on any atom is -0.352 e. The minimum atomic E-state index is -0.0176. The maximum absolute atomic E-state index is 12.4. The molecule has 0 radical (unpaired) electrons. The normalized spacial score (nSPS) is 22.1. The van der Waals surface area contributed by atoms with Crippen LogP contribution in [-0.4, -0.2) is 22.3 Å². The molecule has 1 aliphatic rings. The molecule has 1 saturated carbocycles. The van der Waals surface area contributed by atoms with E-state index in [0.717, 1.165) is 23.9 Å². The minimum absolute atomic E-state index is 0.0176. The first-order valence-electron chi connectivity index (χ1n) is 7.50. The predicted octanol–water partition coefficient (Wildman–Crippen LogP) is 3.92. The van der Waals surface area contributed by atoms with E-state index in [0.29, 0.717) is 16.3 Å². The number of rotatable bonds is 3. The highest BCUT2D eigenvalue weighted by molar-refractivity contribution is 9.09. The van der Waals surface area contributed by atoms with Gasteiger partial charge in [-0.1, -0.05) is 40.5 Å². The SMILES string of the molecule is O=C(NCC1CCCC(Br)C1)c1cccc2cccnc12. The standard InChI is InChI=1S/C17H19BrN2O/c18-14-7-1-4-12(10-14)11-20-17(21)15-8-2-5-13-6-3-9-19-16(13)15/h2-3,5-6,8-9,12,14H,1,4,7,10-11H2,(H,20,21). The molecule has 1 heterocycles. The Morgan fingerprint density at radius 2 is 2.14 bits per heavy atom. The molecule has 3 rings (SSSR count). The first-order valence-corrected chi connectivity index (χ1v) is 8.41. The molecule has 2 aromatic rings. The molecule has 0 spiro atoms. The molecule has 0 bridgehead atoms. The van der Waals surface area contributed by atoms with Crippen LogP contribution in [0.3, 0.4) is 0 Å². The number of para-hydroxylation sites is 1. The lowest BCUT2D eigenvalue weighted by Crippen LogP contribution is -2.32. The molecule has 1 fully saturated rings. The average molecular weight is 347 g/mol. The van der Waals surface area contributed by atoms with Crippen LogP contribution < -0.4 is 5.32 Å². The zero-order chi connectivity index (χ0) is 14.7. The Morgan fingerprint density at radius 1 is 1.29 bits per heavy atom. The molecule has 2 unspecified atom stereocenters. The summed E-state index contributed by atoms with van der Waals surface area (Å²) in [6, 6.07) is 9.61. The van der Waals surface area contributed by atoms with E-state index in [1.807, 2.05) is 30.3 Å². The molecule has 0 aliphatic heterocycles. The van der Waals surface area contributed by atoms with Crippen molar-refractivity contribution in [3.63, 3.8) is 0 Å². The number of nitrogens with zero attached hydrogens (tertiary/aromatic N) is 1. The van der Waals surface area contributed by atoms with Gasteiger partial charge in [-0.25, -0.2) is 0 Å². The number of hydrogen-bond donors (Lipinski definition) is 1. The molecular weight excluding hydrogens is 328 g/mol. The summed E-state index contributed by atoms with van der Waals surface area (Å²) in [5, 5.41) is 4.08. The summed E-state index contributed by atoms with van der Waals surface area (Å²) in [6.45, 7) is 0.754. The van der Waals surface area contributed by atoms with Crippen LogP contribution >= 0.6 is 15.9 Å². The number of carbonyl (C=O) groups is 1. The number of hydrogen-bond acceptors (Lipinski definition) is 2. The maximum Gasteiger partial charge on any atom is 0.253 e. The van der Waals surface area contributed by atoms with Crippen LogP contribution in [0.25, 0.3) is 10.9 Å². The third-order valence-electron chi connectivity index (χ3n) is 4.15. The number of nitrogens with one attached hydrogen (secondary N) is 1. The monoisotopic (exact) mass is 346 g/mol. The van der Waals surface area contributed by atoms with Gasteiger partial charge in [-0.2, -0.15) is 0 Å². The van der Waals surface area contributed by atoms with Crippen LogP contribution in [0.4, 0.5) is 0 Å². The molecule has 4 heteroatoms. The van der Waals surface area contributed by atoms with E-state index in [2.05, 4.69) is 26.2 Å². The van der Waals surface area contributed by atoms with Gasteiger partial charge in [-0.15, -0.1) is 0 Å². The van der Waals surface area contributed by atoms with Gasteiger partial charge in [0, 0.05) is 23.0 Å². The Kier molecular flexibility index (Phi) is 4.54. The third kappa shape index (κ3) is 3.43. The predicted molar refractivity (Wildman–Crippen MR) is 88.7 cm³/mol. The van der Waals surface area contributed by atoms with Crippen molar-refractivity contribution in [3.05, 3.63) is 42.1 Å². The molecule has 1 amide bonds.